The van der Waals surface area contributed by atoms with Crippen molar-refractivity contribution in [3.8, 4) is 33.7 Å². The third-order valence-electron chi connectivity index (χ3n) is 10.3. The summed E-state index contributed by atoms with van der Waals surface area (Å²) in [6.45, 7) is 0. The summed E-state index contributed by atoms with van der Waals surface area (Å²) in [5.74, 6) is 0.581. The molecule has 0 fully saturated rings. The highest BCUT2D eigenvalue weighted by Gasteiger charge is 2.22. The first-order valence-electron chi connectivity index (χ1n) is 18.0. The summed E-state index contributed by atoms with van der Waals surface area (Å²) < 4.78 is 19.3. The Labute approximate surface area is 309 Å². The van der Waals surface area contributed by atoms with E-state index in [0.29, 0.717) is 11.5 Å². The van der Waals surface area contributed by atoms with Gasteiger partial charge in [0.1, 0.15) is 27.8 Å². The van der Waals surface area contributed by atoms with Crippen molar-refractivity contribution < 1.29 is 13.3 Å². The fraction of sp³-hybridized carbons (Fsp3) is 0. The highest BCUT2D eigenvalue weighted by atomic mass is 16.4. The SMILES string of the molecule is c1ccc(-c2nc3ccc4oc5ccc(N(c6ccc(-c7ccccc7-c7ccccc7)cc6)c6cccc7oc8ccccc8c67)cc5c4c3o2)cc1. The largest absolute Gasteiger partial charge is 0.456 e. The standard InChI is InChI=1S/C49H30N2O3/c1-3-12-31(13-4-1)36-16-7-8-17-37(36)32-22-24-34(25-23-32)51(41-19-11-21-44-46(41)38-18-9-10-20-42(38)52-44)35-26-28-43-39(30-35)47-45(53-43)29-27-40-48(47)54-49(50-40)33-14-5-2-6-15-33/h1-30H. The molecule has 0 atom stereocenters. The lowest BCUT2D eigenvalue weighted by Crippen LogP contribution is -2.10. The Morgan fingerprint density at radius 1 is 0.389 bits per heavy atom. The van der Waals surface area contributed by atoms with Crippen LogP contribution < -0.4 is 4.90 Å². The second kappa shape index (κ2) is 12.1. The van der Waals surface area contributed by atoms with Crippen molar-refractivity contribution in [2.75, 3.05) is 4.90 Å². The van der Waals surface area contributed by atoms with Gasteiger partial charge in [-0.3, -0.25) is 0 Å². The summed E-state index contributed by atoms with van der Waals surface area (Å²) in [6, 6.07) is 62.8. The van der Waals surface area contributed by atoms with Gasteiger partial charge in [-0.05, 0) is 95.1 Å². The smallest absolute Gasteiger partial charge is 0.227 e. The molecule has 8 aromatic carbocycles. The molecule has 0 aliphatic rings. The number of benzene rings is 8. The van der Waals surface area contributed by atoms with E-state index in [1.54, 1.807) is 0 Å². The van der Waals surface area contributed by atoms with E-state index in [1.165, 1.54) is 16.7 Å². The zero-order valence-corrected chi connectivity index (χ0v) is 28.9. The molecule has 3 aromatic heterocycles. The van der Waals surface area contributed by atoms with Crippen molar-refractivity contribution in [1.82, 2.24) is 4.98 Å². The number of rotatable bonds is 6. The highest BCUT2D eigenvalue weighted by Crippen LogP contribution is 2.46. The van der Waals surface area contributed by atoms with Crippen molar-refractivity contribution in [3.63, 3.8) is 0 Å². The van der Waals surface area contributed by atoms with E-state index in [1.807, 2.05) is 60.7 Å². The highest BCUT2D eigenvalue weighted by molar-refractivity contribution is 6.18. The zero-order valence-electron chi connectivity index (χ0n) is 28.9. The number of furan rings is 2. The molecule has 0 unspecified atom stereocenters. The normalized spacial score (nSPS) is 11.7. The van der Waals surface area contributed by atoms with E-state index in [0.717, 1.165) is 77.6 Å². The van der Waals surface area contributed by atoms with Gasteiger partial charge in [0.2, 0.25) is 5.89 Å². The molecule has 11 aromatic rings. The Balaban J connectivity index is 1.12. The molecular weight excluding hydrogens is 665 g/mol. The molecule has 254 valence electrons. The number of oxazole rings is 1. The summed E-state index contributed by atoms with van der Waals surface area (Å²) >= 11 is 0. The lowest BCUT2D eigenvalue weighted by Gasteiger charge is -2.26. The fourth-order valence-electron chi connectivity index (χ4n) is 7.84. The molecule has 5 heteroatoms. The first-order chi connectivity index (χ1) is 26.8. The molecule has 0 aliphatic heterocycles. The van der Waals surface area contributed by atoms with Gasteiger partial charge in [0, 0.05) is 27.7 Å². The van der Waals surface area contributed by atoms with Crippen molar-refractivity contribution in [2.24, 2.45) is 0 Å². The van der Waals surface area contributed by atoms with Gasteiger partial charge in [0.05, 0.1) is 16.5 Å². The van der Waals surface area contributed by atoms with E-state index >= 15 is 0 Å². The van der Waals surface area contributed by atoms with Crippen molar-refractivity contribution in [1.29, 1.82) is 0 Å². The lowest BCUT2D eigenvalue weighted by molar-refractivity contribution is 0.622. The number of fused-ring (bicyclic) bond motifs is 8. The third-order valence-corrected chi connectivity index (χ3v) is 10.3. The van der Waals surface area contributed by atoms with Crippen LogP contribution in [0.5, 0.6) is 0 Å². The van der Waals surface area contributed by atoms with Gasteiger partial charge in [-0.1, -0.05) is 109 Å². The van der Waals surface area contributed by atoms with Crippen LogP contribution in [0.3, 0.4) is 0 Å². The Morgan fingerprint density at radius 3 is 1.76 bits per heavy atom. The summed E-state index contributed by atoms with van der Waals surface area (Å²) in [6.07, 6.45) is 0. The van der Waals surface area contributed by atoms with Crippen LogP contribution in [0.25, 0.3) is 88.7 Å². The quantitative estimate of drug-likeness (QED) is 0.173. The average molecular weight is 695 g/mol. The Morgan fingerprint density at radius 2 is 0.981 bits per heavy atom. The number of nitrogens with zero attached hydrogens (tertiary/aromatic N) is 2. The van der Waals surface area contributed by atoms with Gasteiger partial charge in [0.15, 0.2) is 5.58 Å². The second-order valence-corrected chi connectivity index (χ2v) is 13.5. The van der Waals surface area contributed by atoms with Crippen LogP contribution in [0.1, 0.15) is 0 Å². The van der Waals surface area contributed by atoms with Gasteiger partial charge < -0.3 is 18.2 Å². The maximum atomic E-state index is 6.50. The Bertz CT molecular complexity index is 3160. The summed E-state index contributed by atoms with van der Waals surface area (Å²) in [5.41, 5.74) is 13.3. The number of anilines is 3. The van der Waals surface area contributed by atoms with Gasteiger partial charge in [-0.25, -0.2) is 4.98 Å². The molecule has 0 amide bonds. The summed E-state index contributed by atoms with van der Waals surface area (Å²) in [5, 5.41) is 3.97. The monoisotopic (exact) mass is 694 g/mol. The molecule has 0 N–H and O–H groups in total. The van der Waals surface area contributed by atoms with Crippen LogP contribution in [0.2, 0.25) is 0 Å². The van der Waals surface area contributed by atoms with E-state index in [9.17, 15) is 0 Å². The van der Waals surface area contributed by atoms with E-state index < -0.39 is 0 Å². The van der Waals surface area contributed by atoms with Crippen molar-refractivity contribution in [2.45, 2.75) is 0 Å². The van der Waals surface area contributed by atoms with E-state index in [2.05, 4.69) is 126 Å². The lowest BCUT2D eigenvalue weighted by atomic mass is 9.94. The van der Waals surface area contributed by atoms with E-state index in [-0.39, 0.29) is 0 Å². The zero-order chi connectivity index (χ0) is 35.6. The van der Waals surface area contributed by atoms with Gasteiger partial charge in [-0.15, -0.1) is 0 Å². The number of hydrogen-bond acceptors (Lipinski definition) is 5. The molecule has 0 spiro atoms. The second-order valence-electron chi connectivity index (χ2n) is 13.5. The molecule has 0 bridgehead atoms. The predicted octanol–water partition coefficient (Wildman–Crippen LogP) is 14.1. The topological polar surface area (TPSA) is 55.6 Å². The minimum Gasteiger partial charge on any atom is -0.456 e. The first kappa shape index (κ1) is 30.3. The fourth-order valence-corrected chi connectivity index (χ4v) is 7.84. The Hall–Kier alpha value is -7.37. The third kappa shape index (κ3) is 4.83. The maximum absolute atomic E-state index is 6.50. The molecule has 11 rings (SSSR count). The predicted molar refractivity (Wildman–Crippen MR) is 220 cm³/mol. The van der Waals surface area contributed by atoms with Crippen molar-refractivity contribution in [3.05, 3.63) is 182 Å². The molecule has 0 saturated carbocycles. The minimum absolute atomic E-state index is 0.581. The van der Waals surface area contributed by atoms with Gasteiger partial charge >= 0.3 is 0 Å². The average Bonchev–Trinajstić information content (AvgIpc) is 3.95. The van der Waals surface area contributed by atoms with Crippen LogP contribution in [-0.2, 0) is 0 Å². The molecular formula is C49H30N2O3. The van der Waals surface area contributed by atoms with Gasteiger partial charge in [0.25, 0.3) is 0 Å². The van der Waals surface area contributed by atoms with E-state index in [4.69, 9.17) is 18.2 Å². The number of hydrogen-bond donors (Lipinski definition) is 0. The first-order valence-corrected chi connectivity index (χ1v) is 18.0. The number of aromatic nitrogens is 1. The number of para-hydroxylation sites is 1. The molecule has 54 heavy (non-hydrogen) atoms. The molecule has 0 saturated heterocycles. The summed E-state index contributed by atoms with van der Waals surface area (Å²) in [7, 11) is 0. The maximum Gasteiger partial charge on any atom is 0.227 e. The van der Waals surface area contributed by atoms with Crippen LogP contribution >= 0.6 is 0 Å². The van der Waals surface area contributed by atoms with Gasteiger partial charge in [-0.2, -0.15) is 0 Å². The van der Waals surface area contributed by atoms with Crippen LogP contribution in [0.4, 0.5) is 17.1 Å². The molecule has 0 aliphatic carbocycles. The summed E-state index contributed by atoms with van der Waals surface area (Å²) in [4.78, 5) is 7.17. The molecule has 0 radical (unpaired) electrons. The van der Waals surface area contributed by atoms with Crippen LogP contribution in [0, 0.1) is 0 Å². The van der Waals surface area contributed by atoms with Crippen LogP contribution in [-0.4, -0.2) is 4.98 Å². The molecule has 3 heterocycles. The minimum atomic E-state index is 0.581. The van der Waals surface area contributed by atoms with Crippen molar-refractivity contribution >= 4 is 72.0 Å². The van der Waals surface area contributed by atoms with Crippen LogP contribution in [0.15, 0.2) is 195 Å². The molecule has 5 nitrogen and oxygen atoms in total. The Kier molecular flexibility index (Phi) is 6.79.